The third-order valence-corrected chi connectivity index (χ3v) is 7.81. The predicted molar refractivity (Wildman–Crippen MR) is 139 cm³/mol. The molecule has 3 heterocycles. The van der Waals surface area contributed by atoms with E-state index < -0.39 is 5.54 Å². The van der Waals surface area contributed by atoms with Crippen LogP contribution in [-0.2, 0) is 15.1 Å². The van der Waals surface area contributed by atoms with E-state index in [4.69, 9.17) is 4.74 Å². The zero-order valence-electron chi connectivity index (χ0n) is 19.3. The van der Waals surface area contributed by atoms with E-state index in [1.807, 2.05) is 35.5 Å². The van der Waals surface area contributed by atoms with Crippen molar-refractivity contribution in [1.82, 2.24) is 14.5 Å². The summed E-state index contributed by atoms with van der Waals surface area (Å²) in [5.74, 6) is 1.11. The van der Waals surface area contributed by atoms with Crippen LogP contribution in [0.4, 0.5) is 0 Å². The maximum absolute atomic E-state index is 13.6. The maximum atomic E-state index is 13.6. The summed E-state index contributed by atoms with van der Waals surface area (Å²) in [5, 5.41) is 0. The molecule has 1 aromatic heterocycles. The van der Waals surface area contributed by atoms with Crippen molar-refractivity contribution in [3.8, 4) is 11.4 Å². The van der Waals surface area contributed by atoms with Gasteiger partial charge in [-0.15, -0.1) is 0 Å². The molecule has 2 unspecified atom stereocenters. The van der Waals surface area contributed by atoms with Gasteiger partial charge in [-0.3, -0.25) is 4.79 Å². The summed E-state index contributed by atoms with van der Waals surface area (Å²) >= 11 is 3.57. The molecule has 2 atom stereocenters. The molecule has 0 N–H and O–H groups in total. The zero-order chi connectivity index (χ0) is 23.8. The Morgan fingerprint density at radius 2 is 1.80 bits per heavy atom. The molecule has 4 aromatic rings. The fraction of sp³-hybridized carbons (Fsp3) is 0.241. The average Bonchev–Trinajstić information content (AvgIpc) is 3.50. The zero-order valence-corrected chi connectivity index (χ0v) is 20.9. The van der Waals surface area contributed by atoms with Crippen molar-refractivity contribution in [1.29, 1.82) is 0 Å². The summed E-state index contributed by atoms with van der Waals surface area (Å²) in [5.41, 5.74) is 4.11. The molecule has 1 fully saturated rings. The van der Waals surface area contributed by atoms with E-state index in [9.17, 15) is 4.79 Å². The van der Waals surface area contributed by atoms with E-state index >= 15 is 0 Å². The van der Waals surface area contributed by atoms with Gasteiger partial charge >= 0.3 is 0 Å². The third kappa shape index (κ3) is 3.81. The van der Waals surface area contributed by atoms with E-state index in [0.29, 0.717) is 32.5 Å². The first kappa shape index (κ1) is 22.3. The molecule has 0 aliphatic carbocycles. The van der Waals surface area contributed by atoms with Crippen molar-refractivity contribution < 1.29 is 9.53 Å². The number of halogens is 1. The summed E-state index contributed by atoms with van der Waals surface area (Å²) in [6, 6.07) is 27.1. The second-order valence-electron chi connectivity index (χ2n) is 9.14. The first-order valence-corrected chi connectivity index (χ1v) is 12.8. The van der Waals surface area contributed by atoms with Crippen LogP contribution in [0.5, 0.6) is 0 Å². The lowest BCUT2D eigenvalue weighted by molar-refractivity contribution is -0.139. The lowest BCUT2D eigenvalue weighted by Crippen LogP contribution is -2.43. The normalized spacial score (nSPS) is 20.9. The van der Waals surface area contributed by atoms with Crippen molar-refractivity contribution in [3.63, 3.8) is 0 Å². The van der Waals surface area contributed by atoms with Crippen LogP contribution in [0.25, 0.3) is 11.4 Å². The molecule has 5 nitrogen and oxygen atoms in total. The molecule has 0 saturated carbocycles. The number of carbonyl (C=O) groups is 1. The second kappa shape index (κ2) is 9.10. The van der Waals surface area contributed by atoms with Crippen molar-refractivity contribution in [2.24, 2.45) is 0 Å². The van der Waals surface area contributed by atoms with Crippen LogP contribution >= 0.6 is 15.9 Å². The number of nitrogens with zero attached hydrogens (tertiary/aromatic N) is 3. The van der Waals surface area contributed by atoms with Gasteiger partial charge in [0.05, 0.1) is 18.7 Å². The van der Waals surface area contributed by atoms with Crippen LogP contribution < -0.4 is 0 Å². The fourth-order valence-corrected chi connectivity index (χ4v) is 5.85. The third-order valence-electron chi connectivity index (χ3n) is 7.28. The summed E-state index contributed by atoms with van der Waals surface area (Å²) in [4.78, 5) is 20.2. The first-order valence-electron chi connectivity index (χ1n) is 12.0. The van der Waals surface area contributed by atoms with Gasteiger partial charge in [-0.25, -0.2) is 4.98 Å². The highest BCUT2D eigenvalue weighted by molar-refractivity contribution is 9.10. The summed E-state index contributed by atoms with van der Waals surface area (Å²) in [6.45, 7) is 1.76. The minimum atomic E-state index is -0.482. The molecular formula is C29H26BrN3O2. The number of hydrogen-bond acceptors (Lipinski definition) is 3. The fourth-order valence-electron chi connectivity index (χ4n) is 5.59. The standard InChI is InChI=1S/C29H26BrN3O2/c30-23-12-10-22(11-13-23)29(25-9-5-4-8-24(25)28-31-16-17-33(28)29)15-14-27(34)32-18-19-35-26(20-32)21-6-2-1-3-7-21/h1-13,16-17,26H,14-15,18-20H2. The maximum Gasteiger partial charge on any atom is 0.222 e. The van der Waals surface area contributed by atoms with Crippen molar-refractivity contribution in [3.05, 3.63) is 112 Å². The molecular weight excluding hydrogens is 502 g/mol. The Hall–Kier alpha value is -3.22. The minimum Gasteiger partial charge on any atom is -0.370 e. The monoisotopic (exact) mass is 527 g/mol. The van der Waals surface area contributed by atoms with Crippen LogP contribution in [0, 0.1) is 0 Å². The van der Waals surface area contributed by atoms with E-state index in [-0.39, 0.29) is 12.0 Å². The van der Waals surface area contributed by atoms with Gasteiger partial charge in [-0.2, -0.15) is 0 Å². The Labute approximate surface area is 213 Å². The highest BCUT2D eigenvalue weighted by atomic mass is 79.9. The summed E-state index contributed by atoms with van der Waals surface area (Å²) < 4.78 is 9.28. The topological polar surface area (TPSA) is 47.4 Å². The number of hydrogen-bond donors (Lipinski definition) is 0. The van der Waals surface area contributed by atoms with Gasteiger partial charge < -0.3 is 14.2 Å². The van der Waals surface area contributed by atoms with Gasteiger partial charge in [-0.05, 0) is 35.2 Å². The van der Waals surface area contributed by atoms with Crippen molar-refractivity contribution in [2.75, 3.05) is 19.7 Å². The SMILES string of the molecule is O=C(CCC1(c2ccc(Br)cc2)c2ccccc2-c2nccn21)N1CCOC(c2ccccc2)C1. The number of carbonyl (C=O) groups excluding carboxylic acids is 1. The van der Waals surface area contributed by atoms with Gasteiger partial charge in [0.25, 0.3) is 0 Å². The highest BCUT2D eigenvalue weighted by Gasteiger charge is 2.45. The molecule has 6 rings (SSSR count). The van der Waals surface area contributed by atoms with E-state index in [1.165, 1.54) is 5.56 Å². The number of morpholine rings is 1. The van der Waals surface area contributed by atoms with Gasteiger partial charge in [0.2, 0.25) is 5.91 Å². The van der Waals surface area contributed by atoms with E-state index in [1.54, 1.807) is 0 Å². The Bertz CT molecular complexity index is 1350. The van der Waals surface area contributed by atoms with Crippen LogP contribution in [0.3, 0.4) is 0 Å². The molecule has 1 saturated heterocycles. The van der Waals surface area contributed by atoms with Crippen LogP contribution in [0.2, 0.25) is 0 Å². The molecule has 176 valence electrons. The Balaban J connectivity index is 1.32. The van der Waals surface area contributed by atoms with Crippen LogP contribution in [0.1, 0.15) is 35.6 Å². The number of aromatic nitrogens is 2. The molecule has 0 radical (unpaired) electrons. The first-order chi connectivity index (χ1) is 17.2. The molecule has 2 aliphatic rings. The molecule has 0 spiro atoms. The average molecular weight is 528 g/mol. The number of imidazole rings is 1. The van der Waals surface area contributed by atoms with Gasteiger partial charge in [-0.1, -0.05) is 82.7 Å². The molecule has 1 amide bonds. The Morgan fingerprint density at radius 3 is 2.63 bits per heavy atom. The predicted octanol–water partition coefficient (Wildman–Crippen LogP) is 5.80. The quantitative estimate of drug-likeness (QED) is 0.329. The molecule has 3 aromatic carbocycles. The largest absolute Gasteiger partial charge is 0.370 e. The van der Waals surface area contributed by atoms with Crippen molar-refractivity contribution >= 4 is 21.8 Å². The number of rotatable bonds is 5. The highest BCUT2D eigenvalue weighted by Crippen LogP contribution is 2.49. The lowest BCUT2D eigenvalue weighted by atomic mass is 9.79. The number of fused-ring (bicyclic) bond motifs is 3. The molecule has 2 aliphatic heterocycles. The lowest BCUT2D eigenvalue weighted by Gasteiger charge is -2.36. The van der Waals surface area contributed by atoms with Crippen LogP contribution in [0.15, 0.2) is 95.7 Å². The smallest absolute Gasteiger partial charge is 0.222 e. The molecule has 6 heteroatoms. The molecule has 0 bridgehead atoms. The number of amides is 1. The van der Waals surface area contributed by atoms with Crippen LogP contribution in [-0.4, -0.2) is 40.1 Å². The van der Waals surface area contributed by atoms with Gasteiger partial charge in [0.15, 0.2) is 0 Å². The summed E-state index contributed by atoms with van der Waals surface area (Å²) in [6.07, 6.45) is 4.90. The van der Waals surface area contributed by atoms with E-state index in [2.05, 4.69) is 86.1 Å². The minimum absolute atomic E-state index is 0.0817. The van der Waals surface area contributed by atoms with Gasteiger partial charge in [0.1, 0.15) is 11.9 Å². The molecule has 35 heavy (non-hydrogen) atoms. The van der Waals surface area contributed by atoms with Crippen molar-refractivity contribution in [2.45, 2.75) is 24.5 Å². The van der Waals surface area contributed by atoms with E-state index in [0.717, 1.165) is 27.0 Å². The second-order valence-corrected chi connectivity index (χ2v) is 10.1. The van der Waals surface area contributed by atoms with Gasteiger partial charge in [0, 0.05) is 35.4 Å². The number of benzene rings is 3. The Morgan fingerprint density at radius 1 is 1.03 bits per heavy atom. The number of ether oxygens (including phenoxy) is 1. The Kier molecular flexibility index (Phi) is 5.78. The summed E-state index contributed by atoms with van der Waals surface area (Å²) in [7, 11) is 0.